The van der Waals surface area contributed by atoms with E-state index in [1.54, 1.807) is 25.2 Å². The number of carbonyl (C=O) groups is 1. The summed E-state index contributed by atoms with van der Waals surface area (Å²) in [4.78, 5) is 23.6. The molecular formula is C15H18N2O3. The number of nitrogens with zero attached hydrogens (tertiary/aromatic N) is 1. The summed E-state index contributed by atoms with van der Waals surface area (Å²) in [6.45, 7) is 0.349. The van der Waals surface area contributed by atoms with E-state index in [-0.39, 0.29) is 5.78 Å². The van der Waals surface area contributed by atoms with Crippen molar-refractivity contribution in [1.29, 1.82) is 0 Å². The lowest BCUT2D eigenvalue weighted by Gasteiger charge is -2.10. The SMILES string of the molecule is Cn1c(=O)oc2ccc(C(=O)CNC3CCCC3)cc21. The van der Waals surface area contributed by atoms with Crippen molar-refractivity contribution in [3.05, 3.63) is 34.3 Å². The number of hydrogen-bond donors (Lipinski definition) is 1. The van der Waals surface area contributed by atoms with Crippen molar-refractivity contribution in [3.63, 3.8) is 0 Å². The Morgan fingerprint density at radius 2 is 2.15 bits per heavy atom. The van der Waals surface area contributed by atoms with Gasteiger partial charge in [0.05, 0.1) is 12.1 Å². The van der Waals surface area contributed by atoms with Crippen LogP contribution < -0.4 is 11.1 Å². The van der Waals surface area contributed by atoms with Crippen molar-refractivity contribution < 1.29 is 9.21 Å². The Morgan fingerprint density at radius 1 is 1.40 bits per heavy atom. The van der Waals surface area contributed by atoms with Gasteiger partial charge in [-0.3, -0.25) is 9.36 Å². The Hall–Kier alpha value is -1.88. The number of aromatic nitrogens is 1. The van der Waals surface area contributed by atoms with Gasteiger partial charge in [0.15, 0.2) is 11.4 Å². The second kappa shape index (κ2) is 5.25. The molecule has 0 spiro atoms. The molecule has 106 valence electrons. The lowest BCUT2D eigenvalue weighted by atomic mass is 10.1. The molecule has 1 saturated carbocycles. The molecule has 1 aliphatic carbocycles. The van der Waals surface area contributed by atoms with Crippen LogP contribution in [0.15, 0.2) is 27.4 Å². The molecule has 0 atom stereocenters. The van der Waals surface area contributed by atoms with Gasteiger partial charge in [0.25, 0.3) is 0 Å². The smallest absolute Gasteiger partial charge is 0.408 e. The van der Waals surface area contributed by atoms with E-state index in [9.17, 15) is 9.59 Å². The van der Waals surface area contributed by atoms with Gasteiger partial charge in [-0.15, -0.1) is 0 Å². The van der Waals surface area contributed by atoms with E-state index >= 15 is 0 Å². The summed E-state index contributed by atoms with van der Waals surface area (Å²) in [5.74, 6) is -0.360. The number of hydrogen-bond acceptors (Lipinski definition) is 4. The first-order chi connectivity index (χ1) is 9.65. The van der Waals surface area contributed by atoms with Crippen molar-refractivity contribution in [2.24, 2.45) is 7.05 Å². The van der Waals surface area contributed by atoms with Gasteiger partial charge < -0.3 is 9.73 Å². The highest BCUT2D eigenvalue weighted by Gasteiger charge is 2.16. The fraction of sp³-hybridized carbons (Fsp3) is 0.467. The van der Waals surface area contributed by atoms with Crippen molar-refractivity contribution in [1.82, 2.24) is 9.88 Å². The second-order valence-corrected chi connectivity index (χ2v) is 5.39. The Balaban J connectivity index is 1.77. The van der Waals surface area contributed by atoms with Crippen molar-refractivity contribution in [2.45, 2.75) is 31.7 Å². The van der Waals surface area contributed by atoms with Gasteiger partial charge >= 0.3 is 5.76 Å². The topological polar surface area (TPSA) is 64.2 Å². The van der Waals surface area contributed by atoms with Gasteiger partial charge in [-0.1, -0.05) is 12.8 Å². The summed E-state index contributed by atoms with van der Waals surface area (Å²) in [5, 5.41) is 3.31. The molecule has 0 unspecified atom stereocenters. The van der Waals surface area contributed by atoms with Gasteiger partial charge in [0.2, 0.25) is 0 Å². The van der Waals surface area contributed by atoms with Gasteiger partial charge in [0, 0.05) is 18.7 Å². The summed E-state index contributed by atoms with van der Waals surface area (Å²) >= 11 is 0. The van der Waals surface area contributed by atoms with Crippen LogP contribution in [-0.2, 0) is 7.05 Å². The van der Waals surface area contributed by atoms with Crippen LogP contribution in [0.5, 0.6) is 0 Å². The van der Waals surface area contributed by atoms with E-state index in [4.69, 9.17) is 4.42 Å². The number of nitrogens with one attached hydrogen (secondary N) is 1. The maximum atomic E-state index is 12.2. The maximum Gasteiger partial charge on any atom is 0.419 e. The van der Waals surface area contributed by atoms with E-state index in [2.05, 4.69) is 5.32 Å². The quantitative estimate of drug-likeness (QED) is 0.864. The predicted molar refractivity (Wildman–Crippen MR) is 76.0 cm³/mol. The summed E-state index contributed by atoms with van der Waals surface area (Å²) < 4.78 is 6.47. The molecule has 5 nitrogen and oxygen atoms in total. The van der Waals surface area contributed by atoms with Crippen LogP contribution in [0.2, 0.25) is 0 Å². The normalized spacial score (nSPS) is 16.1. The van der Waals surface area contributed by atoms with E-state index in [1.165, 1.54) is 17.4 Å². The summed E-state index contributed by atoms with van der Waals surface area (Å²) in [6, 6.07) is 5.59. The monoisotopic (exact) mass is 274 g/mol. The Kier molecular flexibility index (Phi) is 3.44. The molecule has 2 aromatic rings. The van der Waals surface area contributed by atoms with Crippen LogP contribution in [0, 0.1) is 0 Å². The minimum absolute atomic E-state index is 0.0486. The number of oxazole rings is 1. The van der Waals surface area contributed by atoms with E-state index in [0.717, 1.165) is 12.8 Å². The predicted octanol–water partition coefficient (Wildman–Crippen LogP) is 1.85. The Morgan fingerprint density at radius 3 is 2.90 bits per heavy atom. The van der Waals surface area contributed by atoms with Crippen LogP contribution in [0.4, 0.5) is 0 Å². The number of benzene rings is 1. The first kappa shape index (κ1) is 13.1. The molecule has 1 aliphatic rings. The average molecular weight is 274 g/mol. The van der Waals surface area contributed by atoms with Gasteiger partial charge in [-0.2, -0.15) is 0 Å². The van der Waals surface area contributed by atoms with E-state index in [0.29, 0.717) is 29.2 Å². The summed E-state index contributed by atoms with van der Waals surface area (Å²) in [7, 11) is 1.64. The highest BCUT2D eigenvalue weighted by Crippen LogP contribution is 2.18. The zero-order valence-corrected chi connectivity index (χ0v) is 11.5. The standard InChI is InChI=1S/C15H18N2O3/c1-17-12-8-10(6-7-14(12)20-15(17)19)13(18)9-16-11-4-2-3-5-11/h6-8,11,16H,2-5,9H2,1H3. The third kappa shape index (κ3) is 2.41. The zero-order chi connectivity index (χ0) is 14.1. The number of fused-ring (bicyclic) bond motifs is 1. The van der Waals surface area contributed by atoms with Crippen molar-refractivity contribution in [3.8, 4) is 0 Å². The molecule has 1 N–H and O–H groups in total. The second-order valence-electron chi connectivity index (χ2n) is 5.39. The van der Waals surface area contributed by atoms with Gasteiger partial charge in [-0.25, -0.2) is 4.79 Å². The minimum atomic E-state index is -0.409. The molecule has 20 heavy (non-hydrogen) atoms. The molecule has 1 aromatic heterocycles. The molecule has 5 heteroatoms. The number of carbonyl (C=O) groups excluding carboxylic acids is 1. The third-order valence-corrected chi connectivity index (χ3v) is 4.02. The molecule has 1 aromatic carbocycles. The first-order valence-corrected chi connectivity index (χ1v) is 7.01. The molecule has 1 fully saturated rings. The van der Waals surface area contributed by atoms with Gasteiger partial charge in [0.1, 0.15) is 0 Å². The first-order valence-electron chi connectivity index (χ1n) is 7.01. The fourth-order valence-corrected chi connectivity index (χ4v) is 2.77. The number of rotatable bonds is 4. The van der Waals surface area contributed by atoms with E-state index in [1.807, 2.05) is 0 Å². The molecule has 0 radical (unpaired) electrons. The highest BCUT2D eigenvalue weighted by molar-refractivity contribution is 6.00. The molecule has 0 bridgehead atoms. The molecule has 3 rings (SSSR count). The Bertz CT molecular complexity index is 693. The lowest BCUT2D eigenvalue weighted by molar-refractivity contribution is 0.0987. The Labute approximate surface area is 116 Å². The van der Waals surface area contributed by atoms with Crippen LogP contribution in [0.1, 0.15) is 36.0 Å². The molecule has 1 heterocycles. The van der Waals surface area contributed by atoms with E-state index < -0.39 is 5.76 Å². The summed E-state index contributed by atoms with van der Waals surface area (Å²) in [6.07, 6.45) is 4.80. The van der Waals surface area contributed by atoms with Crippen LogP contribution >= 0.6 is 0 Å². The van der Waals surface area contributed by atoms with Crippen molar-refractivity contribution >= 4 is 16.9 Å². The largest absolute Gasteiger partial charge is 0.419 e. The molecule has 0 saturated heterocycles. The van der Waals surface area contributed by atoms with Crippen LogP contribution in [-0.4, -0.2) is 22.9 Å². The maximum absolute atomic E-state index is 12.2. The van der Waals surface area contributed by atoms with Crippen LogP contribution in [0.3, 0.4) is 0 Å². The van der Waals surface area contributed by atoms with Crippen LogP contribution in [0.25, 0.3) is 11.1 Å². The number of aryl methyl sites for hydroxylation is 1. The summed E-state index contributed by atoms with van der Waals surface area (Å²) in [5.41, 5.74) is 1.78. The molecule has 0 aliphatic heterocycles. The van der Waals surface area contributed by atoms with Crippen molar-refractivity contribution in [2.75, 3.05) is 6.54 Å². The molecular weight excluding hydrogens is 256 g/mol. The molecule has 0 amide bonds. The number of Topliss-reactive ketones (excluding diaryl/α,β-unsaturated/α-hetero) is 1. The van der Waals surface area contributed by atoms with Gasteiger partial charge in [-0.05, 0) is 31.0 Å². The highest BCUT2D eigenvalue weighted by atomic mass is 16.4. The average Bonchev–Trinajstić information content (AvgIpc) is 3.06. The zero-order valence-electron chi connectivity index (χ0n) is 11.5. The number of ketones is 1. The third-order valence-electron chi connectivity index (χ3n) is 4.02. The fourth-order valence-electron chi connectivity index (χ4n) is 2.77. The minimum Gasteiger partial charge on any atom is -0.408 e. The lowest BCUT2D eigenvalue weighted by Crippen LogP contribution is -2.31.